The number of hydrogen-bond acceptors (Lipinski definition) is 0. The monoisotopic (exact) mass is 165 g/mol. The fourth-order valence-electron chi connectivity index (χ4n) is 1.14. The summed E-state index contributed by atoms with van der Waals surface area (Å²) in [7, 11) is 0.0931. The van der Waals surface area contributed by atoms with E-state index in [2.05, 4.69) is 32.0 Å². The Morgan fingerprint density at radius 2 is 2.00 bits per heavy atom. The molecule has 1 radical (unpaired) electrons. The quantitative estimate of drug-likeness (QED) is 0.604. The zero-order valence-electron chi connectivity index (χ0n) is 7.17. The number of hydrogen-bond donors (Lipinski definition) is 0. The van der Waals surface area contributed by atoms with Crippen molar-refractivity contribution in [2.45, 2.75) is 13.8 Å². The summed E-state index contributed by atoms with van der Waals surface area (Å²) in [6, 6.07) is 11.6. The van der Waals surface area contributed by atoms with Crippen LogP contribution in [0.4, 0.5) is 0 Å². The molecule has 0 nitrogen and oxygen atoms in total. The molecular weight excluding hydrogens is 151 g/mol. The van der Waals surface area contributed by atoms with Gasteiger partial charge in [0, 0.05) is 0 Å². The molecule has 0 aliphatic carbocycles. The smallest absolute Gasteiger partial charge is 0.0101 e. The van der Waals surface area contributed by atoms with Crippen molar-refractivity contribution in [3.05, 3.63) is 30.3 Å². The first-order valence-corrected chi connectivity index (χ1v) is 5.81. The summed E-state index contributed by atoms with van der Waals surface area (Å²) in [4.78, 5) is 0. The molecule has 1 aromatic carbocycles. The highest BCUT2D eigenvalue weighted by Gasteiger charge is 2.03. The third kappa shape index (κ3) is 2.31. The van der Waals surface area contributed by atoms with E-state index in [1.165, 1.54) is 17.6 Å². The molecule has 1 aromatic rings. The van der Waals surface area contributed by atoms with E-state index in [-0.39, 0.29) is 7.92 Å². The highest BCUT2D eigenvalue weighted by Crippen LogP contribution is 2.32. The second kappa shape index (κ2) is 4.51. The van der Waals surface area contributed by atoms with Crippen LogP contribution in [0.15, 0.2) is 24.3 Å². The van der Waals surface area contributed by atoms with Gasteiger partial charge in [0.25, 0.3) is 0 Å². The van der Waals surface area contributed by atoms with Crippen molar-refractivity contribution in [2.75, 3.05) is 12.3 Å². The second-order valence-electron chi connectivity index (χ2n) is 2.42. The maximum absolute atomic E-state index is 3.30. The molecule has 59 valence electrons. The van der Waals surface area contributed by atoms with Crippen molar-refractivity contribution < 1.29 is 0 Å². The van der Waals surface area contributed by atoms with Crippen molar-refractivity contribution >= 4 is 13.2 Å². The molecule has 0 aliphatic rings. The molecule has 0 saturated heterocycles. The summed E-state index contributed by atoms with van der Waals surface area (Å²) < 4.78 is 0. The normalized spacial score (nSPS) is 10.5. The van der Waals surface area contributed by atoms with E-state index in [1.54, 1.807) is 0 Å². The summed E-state index contributed by atoms with van der Waals surface area (Å²) in [5, 5.41) is 1.42. The first kappa shape index (κ1) is 8.74. The summed E-state index contributed by atoms with van der Waals surface area (Å²) in [5.41, 5.74) is 0. The largest absolute Gasteiger partial charge is 0.0752 e. The van der Waals surface area contributed by atoms with Crippen molar-refractivity contribution in [1.82, 2.24) is 0 Å². The molecule has 1 heteroatoms. The van der Waals surface area contributed by atoms with E-state index in [1.807, 2.05) is 12.1 Å². The van der Waals surface area contributed by atoms with E-state index >= 15 is 0 Å². The van der Waals surface area contributed by atoms with Crippen molar-refractivity contribution in [2.24, 2.45) is 0 Å². The molecule has 0 saturated carbocycles. The minimum absolute atomic E-state index is 0.0931. The Morgan fingerprint density at radius 1 is 1.27 bits per heavy atom. The topological polar surface area (TPSA) is 0 Å². The van der Waals surface area contributed by atoms with Gasteiger partial charge in [0.1, 0.15) is 0 Å². The Kier molecular flexibility index (Phi) is 3.59. The van der Waals surface area contributed by atoms with Gasteiger partial charge in [-0.2, -0.15) is 0 Å². The molecule has 0 bridgehead atoms. The standard InChI is InChI=1S/C10H14P/c1-3-11(4-2)10-8-6-5-7-9-10/h5-8H,3-4H2,1-2H3. The lowest BCUT2D eigenvalue weighted by Gasteiger charge is -2.11. The van der Waals surface area contributed by atoms with Crippen LogP contribution in [0.1, 0.15) is 13.8 Å². The van der Waals surface area contributed by atoms with Crippen LogP contribution < -0.4 is 5.30 Å². The van der Waals surface area contributed by atoms with Crippen LogP contribution in [0.25, 0.3) is 0 Å². The third-order valence-corrected chi connectivity index (χ3v) is 4.28. The lowest BCUT2D eigenvalue weighted by atomic mass is 10.4. The maximum atomic E-state index is 3.30. The molecule has 0 heterocycles. The van der Waals surface area contributed by atoms with Crippen LogP contribution in [0.3, 0.4) is 0 Å². The first-order valence-electron chi connectivity index (χ1n) is 4.10. The van der Waals surface area contributed by atoms with Gasteiger partial charge in [-0.15, -0.1) is 0 Å². The Labute approximate surface area is 70.4 Å². The minimum atomic E-state index is 0.0931. The van der Waals surface area contributed by atoms with Gasteiger partial charge in [-0.1, -0.05) is 46.0 Å². The SMILES string of the molecule is CCP(CC)c1[c]cccc1. The summed E-state index contributed by atoms with van der Waals surface area (Å²) in [6.07, 6.45) is 2.57. The molecule has 0 N–H and O–H groups in total. The fourth-order valence-corrected chi connectivity index (χ4v) is 2.83. The average molecular weight is 165 g/mol. The van der Waals surface area contributed by atoms with Crippen LogP contribution >= 0.6 is 7.92 Å². The van der Waals surface area contributed by atoms with Gasteiger partial charge >= 0.3 is 0 Å². The minimum Gasteiger partial charge on any atom is -0.0752 e. The zero-order chi connectivity index (χ0) is 8.10. The third-order valence-electron chi connectivity index (χ3n) is 1.80. The molecule has 0 aliphatic heterocycles. The van der Waals surface area contributed by atoms with E-state index in [0.29, 0.717) is 0 Å². The second-order valence-corrected chi connectivity index (χ2v) is 5.25. The van der Waals surface area contributed by atoms with E-state index in [4.69, 9.17) is 0 Å². The van der Waals surface area contributed by atoms with Gasteiger partial charge in [0.2, 0.25) is 0 Å². The van der Waals surface area contributed by atoms with Crippen LogP contribution in [-0.4, -0.2) is 12.3 Å². The Balaban J connectivity index is 2.74. The Hall–Kier alpha value is -0.350. The predicted octanol–water partition coefficient (Wildman–Crippen LogP) is 2.63. The van der Waals surface area contributed by atoms with Crippen LogP contribution in [0.2, 0.25) is 0 Å². The molecule has 1 rings (SSSR count). The molecule has 0 unspecified atom stereocenters. The van der Waals surface area contributed by atoms with E-state index in [0.717, 1.165) is 0 Å². The van der Waals surface area contributed by atoms with Crippen molar-refractivity contribution in [1.29, 1.82) is 0 Å². The molecule has 0 aromatic heterocycles. The van der Waals surface area contributed by atoms with Gasteiger partial charge in [0.15, 0.2) is 0 Å². The van der Waals surface area contributed by atoms with Crippen molar-refractivity contribution in [3.63, 3.8) is 0 Å². The van der Waals surface area contributed by atoms with Crippen LogP contribution in [0, 0.1) is 6.07 Å². The Morgan fingerprint density at radius 3 is 2.45 bits per heavy atom. The molecular formula is C10H14P. The van der Waals surface area contributed by atoms with Gasteiger partial charge in [0.05, 0.1) is 0 Å². The zero-order valence-corrected chi connectivity index (χ0v) is 8.07. The first-order chi connectivity index (χ1) is 5.38. The lowest BCUT2D eigenvalue weighted by Crippen LogP contribution is -2.02. The number of benzene rings is 1. The highest BCUT2D eigenvalue weighted by molar-refractivity contribution is 7.65. The van der Waals surface area contributed by atoms with Gasteiger partial charge in [-0.05, 0) is 23.7 Å². The Bertz CT molecular complexity index is 189. The van der Waals surface area contributed by atoms with Gasteiger partial charge in [-0.3, -0.25) is 0 Å². The van der Waals surface area contributed by atoms with Crippen LogP contribution in [0.5, 0.6) is 0 Å². The van der Waals surface area contributed by atoms with Gasteiger partial charge in [-0.25, -0.2) is 0 Å². The van der Waals surface area contributed by atoms with Crippen molar-refractivity contribution in [3.8, 4) is 0 Å². The summed E-state index contributed by atoms with van der Waals surface area (Å²) in [6.45, 7) is 4.52. The summed E-state index contributed by atoms with van der Waals surface area (Å²) in [5.74, 6) is 0. The molecule has 0 fully saturated rings. The van der Waals surface area contributed by atoms with Gasteiger partial charge < -0.3 is 0 Å². The fraction of sp³-hybridized carbons (Fsp3) is 0.400. The lowest BCUT2D eigenvalue weighted by molar-refractivity contribution is 1.42. The molecule has 0 amide bonds. The number of rotatable bonds is 3. The van der Waals surface area contributed by atoms with Crippen LogP contribution in [-0.2, 0) is 0 Å². The summed E-state index contributed by atoms with van der Waals surface area (Å²) >= 11 is 0. The average Bonchev–Trinajstić information content (AvgIpc) is 2.09. The molecule has 11 heavy (non-hydrogen) atoms. The van der Waals surface area contributed by atoms with E-state index < -0.39 is 0 Å². The highest BCUT2D eigenvalue weighted by atomic mass is 31.1. The molecule has 0 atom stereocenters. The molecule has 0 spiro atoms. The van der Waals surface area contributed by atoms with E-state index in [9.17, 15) is 0 Å². The predicted molar refractivity (Wildman–Crippen MR) is 52.9 cm³/mol. The maximum Gasteiger partial charge on any atom is -0.0101 e.